The number of amides is 1. The lowest BCUT2D eigenvalue weighted by molar-refractivity contribution is -0.120. The molecule has 0 bridgehead atoms. The van der Waals surface area contributed by atoms with E-state index < -0.39 is 0 Å². The summed E-state index contributed by atoms with van der Waals surface area (Å²) in [5.41, 5.74) is 0.909. The first-order valence-electron chi connectivity index (χ1n) is 6.40. The van der Waals surface area contributed by atoms with Crippen LogP contribution in [0.25, 0.3) is 0 Å². The topological polar surface area (TPSA) is 41.1 Å². The van der Waals surface area contributed by atoms with E-state index in [1.54, 1.807) is 12.1 Å². The molecule has 0 spiro atoms. The SMILES string of the molecule is C[C@H](NC(=O)CNCC1CC1)c1ccc(F)cc1. The van der Waals surface area contributed by atoms with E-state index in [9.17, 15) is 9.18 Å². The Morgan fingerprint density at radius 1 is 1.39 bits per heavy atom. The summed E-state index contributed by atoms with van der Waals surface area (Å²) >= 11 is 0. The molecule has 1 amide bonds. The molecule has 0 aliphatic heterocycles. The highest BCUT2D eigenvalue weighted by atomic mass is 19.1. The van der Waals surface area contributed by atoms with Crippen molar-refractivity contribution in [3.8, 4) is 0 Å². The van der Waals surface area contributed by atoms with Gasteiger partial charge in [-0.15, -0.1) is 0 Å². The number of hydrogen-bond acceptors (Lipinski definition) is 2. The first kappa shape index (κ1) is 13.0. The van der Waals surface area contributed by atoms with Crippen LogP contribution in [0.15, 0.2) is 24.3 Å². The zero-order valence-electron chi connectivity index (χ0n) is 10.6. The first-order chi connectivity index (χ1) is 8.65. The molecule has 0 radical (unpaired) electrons. The predicted octanol–water partition coefficient (Wildman–Crippen LogP) is 2.00. The molecule has 0 unspecified atom stereocenters. The van der Waals surface area contributed by atoms with Crippen LogP contribution in [0.2, 0.25) is 0 Å². The Labute approximate surface area is 107 Å². The van der Waals surface area contributed by atoms with E-state index in [1.165, 1.54) is 25.0 Å². The Morgan fingerprint density at radius 2 is 2.06 bits per heavy atom. The van der Waals surface area contributed by atoms with Gasteiger partial charge in [0.05, 0.1) is 12.6 Å². The number of carbonyl (C=O) groups is 1. The number of rotatable bonds is 6. The number of halogens is 1. The minimum absolute atomic E-state index is 0.0209. The molecule has 1 atom stereocenters. The fourth-order valence-electron chi connectivity index (χ4n) is 1.84. The molecule has 1 saturated carbocycles. The average molecular weight is 250 g/mol. The second-order valence-electron chi connectivity index (χ2n) is 4.92. The molecule has 1 aromatic carbocycles. The fraction of sp³-hybridized carbons (Fsp3) is 0.500. The first-order valence-corrected chi connectivity index (χ1v) is 6.40. The molecule has 0 saturated heterocycles. The average Bonchev–Trinajstić information content (AvgIpc) is 3.13. The van der Waals surface area contributed by atoms with Gasteiger partial charge >= 0.3 is 0 Å². The maximum absolute atomic E-state index is 12.8. The molecule has 18 heavy (non-hydrogen) atoms. The van der Waals surface area contributed by atoms with Crippen LogP contribution in [-0.4, -0.2) is 19.0 Å². The summed E-state index contributed by atoms with van der Waals surface area (Å²) in [6.45, 7) is 3.17. The van der Waals surface area contributed by atoms with Gasteiger partial charge in [-0.2, -0.15) is 0 Å². The van der Waals surface area contributed by atoms with Crippen molar-refractivity contribution in [3.05, 3.63) is 35.6 Å². The van der Waals surface area contributed by atoms with E-state index in [0.717, 1.165) is 18.0 Å². The summed E-state index contributed by atoms with van der Waals surface area (Å²) < 4.78 is 12.8. The van der Waals surface area contributed by atoms with E-state index in [0.29, 0.717) is 6.54 Å². The summed E-state index contributed by atoms with van der Waals surface area (Å²) in [6, 6.07) is 6.10. The maximum atomic E-state index is 12.8. The van der Waals surface area contributed by atoms with Gasteiger partial charge in [0.15, 0.2) is 0 Å². The molecular weight excluding hydrogens is 231 g/mol. The van der Waals surface area contributed by atoms with Crippen molar-refractivity contribution in [1.82, 2.24) is 10.6 Å². The molecule has 2 rings (SSSR count). The quantitative estimate of drug-likeness (QED) is 0.811. The fourth-order valence-corrected chi connectivity index (χ4v) is 1.84. The monoisotopic (exact) mass is 250 g/mol. The van der Waals surface area contributed by atoms with Gasteiger partial charge in [-0.25, -0.2) is 4.39 Å². The van der Waals surface area contributed by atoms with Crippen molar-refractivity contribution in [1.29, 1.82) is 0 Å². The normalized spacial score (nSPS) is 16.3. The Bertz CT molecular complexity index is 401. The van der Waals surface area contributed by atoms with Gasteiger partial charge in [-0.3, -0.25) is 4.79 Å². The lowest BCUT2D eigenvalue weighted by Crippen LogP contribution is -2.36. The molecule has 0 aromatic heterocycles. The summed E-state index contributed by atoms with van der Waals surface area (Å²) in [7, 11) is 0. The van der Waals surface area contributed by atoms with Gasteiger partial charge in [0.25, 0.3) is 0 Å². The highest BCUT2D eigenvalue weighted by Gasteiger charge is 2.20. The summed E-state index contributed by atoms with van der Waals surface area (Å²) in [6.07, 6.45) is 2.56. The molecule has 1 aromatic rings. The van der Waals surface area contributed by atoms with Gasteiger partial charge in [-0.05, 0) is 49.9 Å². The lowest BCUT2D eigenvalue weighted by Gasteiger charge is -2.14. The van der Waals surface area contributed by atoms with Crippen molar-refractivity contribution in [2.75, 3.05) is 13.1 Å². The summed E-state index contributed by atoms with van der Waals surface area (Å²) in [5.74, 6) is 0.489. The van der Waals surface area contributed by atoms with Crippen LogP contribution in [0.3, 0.4) is 0 Å². The largest absolute Gasteiger partial charge is 0.348 e. The van der Waals surface area contributed by atoms with Crippen LogP contribution in [0.5, 0.6) is 0 Å². The molecule has 1 fully saturated rings. The Morgan fingerprint density at radius 3 is 2.67 bits per heavy atom. The molecule has 3 nitrogen and oxygen atoms in total. The molecule has 0 heterocycles. The van der Waals surface area contributed by atoms with Crippen molar-refractivity contribution in [3.63, 3.8) is 0 Å². The van der Waals surface area contributed by atoms with Gasteiger partial charge in [-0.1, -0.05) is 12.1 Å². The lowest BCUT2D eigenvalue weighted by atomic mass is 10.1. The Balaban J connectivity index is 1.73. The van der Waals surface area contributed by atoms with E-state index in [-0.39, 0.29) is 17.8 Å². The summed E-state index contributed by atoms with van der Waals surface area (Å²) in [4.78, 5) is 11.6. The zero-order valence-corrected chi connectivity index (χ0v) is 10.6. The third kappa shape index (κ3) is 4.11. The standard InChI is InChI=1S/C14H19FN2O/c1-10(12-4-6-13(15)7-5-12)17-14(18)9-16-8-11-2-3-11/h4-7,10-11,16H,2-3,8-9H2,1H3,(H,17,18)/t10-/m0/s1. The van der Waals surface area contributed by atoms with Crippen molar-refractivity contribution in [2.24, 2.45) is 5.92 Å². The molecule has 1 aliphatic carbocycles. The molecular formula is C14H19FN2O. The molecule has 4 heteroatoms. The van der Waals surface area contributed by atoms with Crippen LogP contribution in [0.4, 0.5) is 4.39 Å². The van der Waals surface area contributed by atoms with Crippen LogP contribution in [0.1, 0.15) is 31.4 Å². The number of nitrogens with one attached hydrogen (secondary N) is 2. The minimum Gasteiger partial charge on any atom is -0.348 e. The smallest absolute Gasteiger partial charge is 0.234 e. The zero-order chi connectivity index (χ0) is 13.0. The van der Waals surface area contributed by atoms with E-state index in [2.05, 4.69) is 10.6 Å². The molecule has 98 valence electrons. The highest BCUT2D eigenvalue weighted by molar-refractivity contribution is 5.78. The number of hydrogen-bond donors (Lipinski definition) is 2. The predicted molar refractivity (Wildman–Crippen MR) is 68.6 cm³/mol. The van der Waals surface area contributed by atoms with E-state index >= 15 is 0 Å². The number of carbonyl (C=O) groups excluding carboxylic acids is 1. The van der Waals surface area contributed by atoms with Crippen LogP contribution in [-0.2, 0) is 4.79 Å². The van der Waals surface area contributed by atoms with Gasteiger partial charge in [0.1, 0.15) is 5.82 Å². The summed E-state index contributed by atoms with van der Waals surface area (Å²) in [5, 5.41) is 6.03. The number of benzene rings is 1. The third-order valence-corrected chi connectivity index (χ3v) is 3.16. The second-order valence-corrected chi connectivity index (χ2v) is 4.92. The van der Waals surface area contributed by atoms with Crippen molar-refractivity contribution in [2.45, 2.75) is 25.8 Å². The van der Waals surface area contributed by atoms with Crippen LogP contribution >= 0.6 is 0 Å². The van der Waals surface area contributed by atoms with Crippen molar-refractivity contribution < 1.29 is 9.18 Å². The van der Waals surface area contributed by atoms with E-state index in [1.807, 2.05) is 6.92 Å². The minimum atomic E-state index is -0.261. The third-order valence-electron chi connectivity index (χ3n) is 3.16. The Kier molecular flexibility index (Phi) is 4.31. The van der Waals surface area contributed by atoms with E-state index in [4.69, 9.17) is 0 Å². The maximum Gasteiger partial charge on any atom is 0.234 e. The highest BCUT2D eigenvalue weighted by Crippen LogP contribution is 2.27. The van der Waals surface area contributed by atoms with Crippen LogP contribution in [0, 0.1) is 11.7 Å². The van der Waals surface area contributed by atoms with Gasteiger partial charge < -0.3 is 10.6 Å². The second kappa shape index (κ2) is 5.96. The van der Waals surface area contributed by atoms with Crippen LogP contribution < -0.4 is 10.6 Å². The Hall–Kier alpha value is -1.42. The van der Waals surface area contributed by atoms with Crippen molar-refractivity contribution >= 4 is 5.91 Å². The van der Waals surface area contributed by atoms with Gasteiger partial charge in [0.2, 0.25) is 5.91 Å². The van der Waals surface area contributed by atoms with Gasteiger partial charge in [0, 0.05) is 0 Å². The molecule has 2 N–H and O–H groups in total. The molecule has 1 aliphatic rings.